The average molecular weight is 394 g/mol. The van der Waals surface area contributed by atoms with Crippen molar-refractivity contribution in [3.8, 4) is 5.75 Å². The summed E-state index contributed by atoms with van der Waals surface area (Å²) in [5, 5.41) is -0.553. The molecule has 0 saturated carbocycles. The van der Waals surface area contributed by atoms with Crippen molar-refractivity contribution in [1.29, 1.82) is 0 Å². The highest BCUT2D eigenvalue weighted by molar-refractivity contribution is 7.90. The number of benzene rings is 1. The van der Waals surface area contributed by atoms with Crippen molar-refractivity contribution >= 4 is 15.9 Å². The summed E-state index contributed by atoms with van der Waals surface area (Å²) in [5.41, 5.74) is -0.233. The molecule has 3 heterocycles. The Labute approximate surface area is 160 Å². The summed E-state index contributed by atoms with van der Waals surface area (Å²) in [6.07, 6.45) is 0.241. The van der Waals surface area contributed by atoms with Crippen LogP contribution in [0.2, 0.25) is 0 Å². The third kappa shape index (κ3) is 3.03. The summed E-state index contributed by atoms with van der Waals surface area (Å²) >= 11 is 0. The van der Waals surface area contributed by atoms with Crippen molar-refractivity contribution in [2.75, 3.05) is 33.3 Å². The van der Waals surface area contributed by atoms with E-state index in [1.165, 1.54) is 0 Å². The number of nitrogens with zero attached hydrogens (tertiary/aromatic N) is 2. The van der Waals surface area contributed by atoms with Crippen LogP contribution in [0.3, 0.4) is 0 Å². The third-order valence-electron chi connectivity index (χ3n) is 5.70. The average Bonchev–Trinajstić information content (AvgIpc) is 2.99. The second-order valence-electron chi connectivity index (χ2n) is 8.17. The Hall–Kier alpha value is -1.64. The molecule has 1 aromatic rings. The molecule has 148 valence electrons. The molecule has 1 amide bonds. The van der Waals surface area contributed by atoms with E-state index in [9.17, 15) is 13.2 Å². The summed E-state index contributed by atoms with van der Waals surface area (Å²) < 4.78 is 38.9. The molecule has 0 aromatic heterocycles. The van der Waals surface area contributed by atoms with Gasteiger partial charge in [-0.3, -0.25) is 4.79 Å². The molecule has 4 rings (SSSR count). The van der Waals surface area contributed by atoms with Gasteiger partial charge in [0.1, 0.15) is 16.6 Å². The maximum atomic E-state index is 13.0. The number of fused-ring (bicyclic) bond motifs is 1. The van der Waals surface area contributed by atoms with Crippen LogP contribution in [0, 0.1) is 5.92 Å². The standard InChI is InChI=1S/C19H26N2O5S/c1-13(2)9-21-12-19-11-20(10-16(26-19)8-17(19)27(21,23)24)18(22)14-4-6-15(25-3)7-5-14/h4-7,13,16-17H,8-12H2,1-3H3/t16-,17+,19+/m1/s1. The van der Waals surface area contributed by atoms with Gasteiger partial charge >= 0.3 is 0 Å². The molecule has 1 aromatic carbocycles. The van der Waals surface area contributed by atoms with E-state index >= 15 is 0 Å². The first-order valence-electron chi connectivity index (χ1n) is 9.35. The molecule has 3 fully saturated rings. The number of carbonyl (C=O) groups excluding carboxylic acids is 1. The number of sulfonamides is 1. The molecule has 3 saturated heterocycles. The van der Waals surface area contributed by atoms with Gasteiger partial charge in [-0.15, -0.1) is 0 Å². The highest BCUT2D eigenvalue weighted by Crippen LogP contribution is 2.46. The minimum Gasteiger partial charge on any atom is -0.497 e. The molecule has 7 nitrogen and oxygen atoms in total. The summed E-state index contributed by atoms with van der Waals surface area (Å²) in [7, 11) is -1.81. The van der Waals surface area contributed by atoms with Crippen LogP contribution in [-0.4, -0.2) is 73.8 Å². The normalized spacial score (nSPS) is 31.9. The molecule has 1 spiro atoms. The van der Waals surface area contributed by atoms with Gasteiger partial charge in [-0.05, 0) is 36.6 Å². The second kappa shape index (κ2) is 6.46. The van der Waals surface area contributed by atoms with E-state index < -0.39 is 20.9 Å². The fourth-order valence-electron chi connectivity index (χ4n) is 4.59. The molecule has 27 heavy (non-hydrogen) atoms. The Balaban J connectivity index is 1.58. The van der Waals surface area contributed by atoms with Gasteiger partial charge in [0.05, 0.1) is 19.8 Å². The van der Waals surface area contributed by atoms with Crippen molar-refractivity contribution < 1.29 is 22.7 Å². The first-order valence-corrected chi connectivity index (χ1v) is 10.9. The Morgan fingerprint density at radius 1 is 1.30 bits per heavy atom. The number of carbonyl (C=O) groups is 1. The lowest BCUT2D eigenvalue weighted by atomic mass is 9.98. The Kier molecular flexibility index (Phi) is 4.48. The van der Waals surface area contributed by atoms with Crippen molar-refractivity contribution in [3.63, 3.8) is 0 Å². The van der Waals surface area contributed by atoms with Gasteiger partial charge in [-0.25, -0.2) is 8.42 Å². The molecule has 0 aliphatic carbocycles. The summed E-state index contributed by atoms with van der Waals surface area (Å²) in [6, 6.07) is 7.00. The Bertz CT molecular complexity index is 838. The van der Waals surface area contributed by atoms with Crippen LogP contribution >= 0.6 is 0 Å². The number of amides is 1. The van der Waals surface area contributed by atoms with Gasteiger partial charge in [0.15, 0.2) is 0 Å². The number of likely N-dealkylation sites (tertiary alicyclic amines) is 1. The van der Waals surface area contributed by atoms with E-state index in [0.29, 0.717) is 43.9 Å². The van der Waals surface area contributed by atoms with Crippen LogP contribution in [0.1, 0.15) is 30.6 Å². The van der Waals surface area contributed by atoms with E-state index in [0.717, 1.165) is 0 Å². The lowest BCUT2D eigenvalue weighted by molar-refractivity contribution is -0.0979. The van der Waals surface area contributed by atoms with Crippen molar-refractivity contribution in [2.45, 2.75) is 37.2 Å². The zero-order chi connectivity index (χ0) is 19.4. The van der Waals surface area contributed by atoms with Crippen LogP contribution in [0.4, 0.5) is 0 Å². The second-order valence-corrected chi connectivity index (χ2v) is 10.3. The van der Waals surface area contributed by atoms with E-state index in [-0.39, 0.29) is 17.9 Å². The predicted molar refractivity (Wildman–Crippen MR) is 100 cm³/mol. The zero-order valence-corrected chi connectivity index (χ0v) is 16.7. The van der Waals surface area contributed by atoms with Gasteiger partial charge in [0.25, 0.3) is 5.91 Å². The van der Waals surface area contributed by atoms with Crippen molar-refractivity contribution in [1.82, 2.24) is 9.21 Å². The van der Waals surface area contributed by atoms with Gasteiger partial charge in [-0.1, -0.05) is 13.8 Å². The van der Waals surface area contributed by atoms with E-state index in [2.05, 4.69) is 0 Å². The highest BCUT2D eigenvalue weighted by Gasteiger charge is 2.65. The SMILES string of the molecule is COc1ccc(C(=O)N2C[C@H]3C[C@H]4[C@](C2)(CN(CC(C)C)S4(=O)=O)O3)cc1. The molecule has 2 bridgehead atoms. The Morgan fingerprint density at radius 2 is 2.00 bits per heavy atom. The van der Waals surface area contributed by atoms with E-state index in [1.54, 1.807) is 40.6 Å². The minimum atomic E-state index is -3.39. The van der Waals surface area contributed by atoms with Crippen LogP contribution < -0.4 is 4.74 Å². The van der Waals surface area contributed by atoms with Crippen LogP contribution in [0.15, 0.2) is 24.3 Å². The smallest absolute Gasteiger partial charge is 0.254 e. The predicted octanol–water partition coefficient (Wildman–Crippen LogP) is 1.35. The molecular weight excluding hydrogens is 368 g/mol. The zero-order valence-electron chi connectivity index (χ0n) is 15.9. The maximum Gasteiger partial charge on any atom is 0.254 e. The summed E-state index contributed by atoms with van der Waals surface area (Å²) in [6.45, 7) is 5.58. The van der Waals surface area contributed by atoms with Gasteiger partial charge in [0.2, 0.25) is 10.0 Å². The number of ether oxygens (including phenoxy) is 2. The number of hydrogen-bond acceptors (Lipinski definition) is 5. The maximum absolute atomic E-state index is 13.0. The first kappa shape index (κ1) is 18.7. The van der Waals surface area contributed by atoms with Gasteiger partial charge < -0.3 is 14.4 Å². The molecule has 3 atom stereocenters. The van der Waals surface area contributed by atoms with Gasteiger partial charge in [-0.2, -0.15) is 4.31 Å². The number of rotatable bonds is 4. The molecule has 0 unspecified atom stereocenters. The molecule has 3 aliphatic rings. The molecule has 0 N–H and O–H groups in total. The van der Waals surface area contributed by atoms with Gasteiger partial charge in [0, 0.05) is 25.2 Å². The number of hydrogen-bond donors (Lipinski definition) is 0. The van der Waals surface area contributed by atoms with E-state index in [1.807, 2.05) is 13.8 Å². The van der Waals surface area contributed by atoms with Crippen LogP contribution in [0.5, 0.6) is 5.75 Å². The molecule has 8 heteroatoms. The monoisotopic (exact) mass is 394 g/mol. The lowest BCUT2D eigenvalue weighted by Crippen LogP contribution is -2.56. The Morgan fingerprint density at radius 3 is 2.63 bits per heavy atom. The number of morpholine rings is 1. The van der Waals surface area contributed by atoms with Crippen LogP contribution in [0.25, 0.3) is 0 Å². The van der Waals surface area contributed by atoms with Crippen LogP contribution in [-0.2, 0) is 14.8 Å². The minimum absolute atomic E-state index is 0.0920. The molecule has 0 radical (unpaired) electrons. The molecule has 3 aliphatic heterocycles. The van der Waals surface area contributed by atoms with Crippen molar-refractivity contribution in [3.05, 3.63) is 29.8 Å². The first-order chi connectivity index (χ1) is 12.7. The molecular formula is C19H26N2O5S. The number of methoxy groups -OCH3 is 1. The fraction of sp³-hybridized carbons (Fsp3) is 0.632. The summed E-state index contributed by atoms with van der Waals surface area (Å²) in [5.74, 6) is 0.843. The quantitative estimate of drug-likeness (QED) is 0.771. The van der Waals surface area contributed by atoms with E-state index in [4.69, 9.17) is 9.47 Å². The van der Waals surface area contributed by atoms with Crippen molar-refractivity contribution in [2.24, 2.45) is 5.92 Å². The summed E-state index contributed by atoms with van der Waals surface area (Å²) in [4.78, 5) is 14.7. The lowest BCUT2D eigenvalue weighted by Gasteiger charge is -2.39. The largest absolute Gasteiger partial charge is 0.497 e. The topological polar surface area (TPSA) is 76.2 Å². The fourth-order valence-corrected chi connectivity index (χ4v) is 7.06. The highest BCUT2D eigenvalue weighted by atomic mass is 32.2. The third-order valence-corrected chi connectivity index (χ3v) is 8.04.